The number of likely N-dealkylation sites (N-methyl/N-ethyl adjacent to an activating group) is 1. The summed E-state index contributed by atoms with van der Waals surface area (Å²) in [6, 6.07) is 9.52. The fraction of sp³-hybridized carbons (Fsp3) is 0.312. The predicted octanol–water partition coefficient (Wildman–Crippen LogP) is 3.19. The first-order valence-electron chi connectivity index (χ1n) is 6.92. The summed E-state index contributed by atoms with van der Waals surface area (Å²) in [5, 5.41) is 2.07. The second kappa shape index (κ2) is 7.13. The second-order valence-corrected chi connectivity index (χ2v) is 5.78. The third-order valence-electron chi connectivity index (χ3n) is 3.20. The van der Waals surface area contributed by atoms with Crippen LogP contribution in [0, 0.1) is 0 Å². The highest BCUT2D eigenvalue weighted by atomic mass is 32.1. The summed E-state index contributed by atoms with van der Waals surface area (Å²) in [7, 11) is 1.97. The van der Waals surface area contributed by atoms with Crippen LogP contribution in [0.4, 0.5) is 11.4 Å². The Morgan fingerprint density at radius 3 is 2.86 bits per heavy atom. The highest BCUT2D eigenvalue weighted by molar-refractivity contribution is 7.09. The molecule has 1 aromatic carbocycles. The van der Waals surface area contributed by atoms with Gasteiger partial charge in [-0.1, -0.05) is 6.07 Å². The summed E-state index contributed by atoms with van der Waals surface area (Å²) in [5.74, 6) is -0.331. The summed E-state index contributed by atoms with van der Waals surface area (Å²) in [4.78, 5) is 15.4. The molecule has 0 amide bonds. The smallest absolute Gasteiger partial charge is 0.340 e. The lowest BCUT2D eigenvalue weighted by Gasteiger charge is -2.22. The van der Waals surface area contributed by atoms with E-state index in [-0.39, 0.29) is 5.97 Å². The molecular formula is C16H20N2O2S. The van der Waals surface area contributed by atoms with Crippen molar-refractivity contribution in [2.45, 2.75) is 13.3 Å². The molecule has 0 aliphatic carbocycles. The van der Waals surface area contributed by atoms with Crippen molar-refractivity contribution < 1.29 is 9.53 Å². The maximum absolute atomic E-state index is 12.1. The van der Waals surface area contributed by atoms with Crippen LogP contribution >= 0.6 is 11.3 Å². The molecule has 21 heavy (non-hydrogen) atoms. The number of hydrogen-bond donors (Lipinski definition) is 1. The van der Waals surface area contributed by atoms with Gasteiger partial charge in [-0.05, 0) is 43.0 Å². The van der Waals surface area contributed by atoms with E-state index in [4.69, 9.17) is 10.5 Å². The van der Waals surface area contributed by atoms with E-state index < -0.39 is 0 Å². The molecule has 0 spiro atoms. The van der Waals surface area contributed by atoms with E-state index >= 15 is 0 Å². The fourth-order valence-corrected chi connectivity index (χ4v) is 2.81. The molecule has 1 aromatic heterocycles. The number of hydrogen-bond acceptors (Lipinski definition) is 5. The van der Waals surface area contributed by atoms with Crippen LogP contribution in [0.1, 0.15) is 22.2 Å². The summed E-state index contributed by atoms with van der Waals surface area (Å²) in [6.07, 6.45) is 0.945. The van der Waals surface area contributed by atoms with Crippen LogP contribution in [0.2, 0.25) is 0 Å². The van der Waals surface area contributed by atoms with E-state index in [9.17, 15) is 4.79 Å². The van der Waals surface area contributed by atoms with Crippen LogP contribution in [0.25, 0.3) is 0 Å². The molecule has 4 nitrogen and oxygen atoms in total. The number of nitrogens with zero attached hydrogens (tertiary/aromatic N) is 1. The number of thiophene rings is 1. The molecule has 1 heterocycles. The minimum Gasteiger partial charge on any atom is -0.462 e. The summed E-state index contributed by atoms with van der Waals surface area (Å²) >= 11 is 1.74. The number of ether oxygens (including phenoxy) is 1. The lowest BCUT2D eigenvalue weighted by atomic mass is 10.1. The molecular weight excluding hydrogens is 284 g/mol. The molecule has 0 aliphatic heterocycles. The fourth-order valence-electron chi connectivity index (χ4n) is 2.11. The van der Waals surface area contributed by atoms with Crippen molar-refractivity contribution >= 4 is 28.7 Å². The second-order valence-electron chi connectivity index (χ2n) is 4.75. The van der Waals surface area contributed by atoms with Crippen molar-refractivity contribution in [3.05, 3.63) is 46.2 Å². The van der Waals surface area contributed by atoms with Gasteiger partial charge in [-0.25, -0.2) is 4.79 Å². The summed E-state index contributed by atoms with van der Waals surface area (Å²) < 4.78 is 5.11. The molecule has 0 unspecified atom stereocenters. The van der Waals surface area contributed by atoms with Crippen LogP contribution in [-0.2, 0) is 11.2 Å². The van der Waals surface area contributed by atoms with Crippen molar-refractivity contribution in [1.82, 2.24) is 0 Å². The maximum atomic E-state index is 12.1. The van der Waals surface area contributed by atoms with Gasteiger partial charge in [0.25, 0.3) is 0 Å². The Morgan fingerprint density at radius 2 is 2.19 bits per heavy atom. The third kappa shape index (κ3) is 3.98. The normalized spacial score (nSPS) is 10.4. The molecule has 112 valence electrons. The van der Waals surface area contributed by atoms with Crippen LogP contribution in [-0.4, -0.2) is 26.2 Å². The maximum Gasteiger partial charge on any atom is 0.340 e. The quantitative estimate of drug-likeness (QED) is 0.658. The van der Waals surface area contributed by atoms with E-state index in [1.165, 1.54) is 4.88 Å². The standard InChI is InChI=1S/C16H20N2O2S/c1-3-20-16(19)14-11-12(17)6-7-15(14)18(2)9-8-13-5-4-10-21-13/h4-7,10-11H,3,8-9,17H2,1-2H3. The number of carbonyl (C=O) groups excluding carboxylic acids is 1. The Bertz CT molecular complexity index is 596. The third-order valence-corrected chi connectivity index (χ3v) is 4.14. The number of nitrogens with two attached hydrogens (primary N) is 1. The summed E-state index contributed by atoms with van der Waals surface area (Å²) in [6.45, 7) is 2.98. The number of benzene rings is 1. The zero-order valence-electron chi connectivity index (χ0n) is 12.3. The van der Waals surface area contributed by atoms with Crippen molar-refractivity contribution in [2.75, 3.05) is 30.8 Å². The van der Waals surface area contributed by atoms with Crippen molar-refractivity contribution in [3.63, 3.8) is 0 Å². The highest BCUT2D eigenvalue weighted by Gasteiger charge is 2.16. The number of carbonyl (C=O) groups is 1. The van der Waals surface area contributed by atoms with E-state index in [2.05, 4.69) is 16.3 Å². The van der Waals surface area contributed by atoms with Crippen molar-refractivity contribution in [2.24, 2.45) is 0 Å². The molecule has 0 saturated heterocycles. The van der Waals surface area contributed by atoms with Gasteiger partial charge in [0.2, 0.25) is 0 Å². The van der Waals surface area contributed by atoms with Gasteiger partial charge >= 0.3 is 5.97 Å². The van der Waals surface area contributed by atoms with Gasteiger partial charge in [-0.3, -0.25) is 0 Å². The van der Waals surface area contributed by atoms with Gasteiger partial charge in [0.15, 0.2) is 0 Å². The molecule has 2 rings (SSSR count). The van der Waals surface area contributed by atoms with E-state index in [0.29, 0.717) is 17.9 Å². The molecule has 2 aromatic rings. The van der Waals surface area contributed by atoms with E-state index in [0.717, 1.165) is 18.7 Å². The number of esters is 1. The lowest BCUT2D eigenvalue weighted by Crippen LogP contribution is -2.23. The first kappa shape index (κ1) is 15.4. The minimum atomic E-state index is -0.331. The zero-order chi connectivity index (χ0) is 15.2. The molecule has 0 atom stereocenters. The predicted molar refractivity (Wildman–Crippen MR) is 88.1 cm³/mol. The van der Waals surface area contributed by atoms with Crippen LogP contribution in [0.3, 0.4) is 0 Å². The number of nitrogen functional groups attached to an aromatic ring is 1. The Kier molecular flexibility index (Phi) is 5.22. The number of rotatable bonds is 6. The van der Waals surface area contributed by atoms with Gasteiger partial charge in [0.1, 0.15) is 0 Å². The Balaban J connectivity index is 2.15. The van der Waals surface area contributed by atoms with Crippen LogP contribution in [0.15, 0.2) is 35.7 Å². The molecule has 0 fully saturated rings. The van der Waals surface area contributed by atoms with Gasteiger partial charge < -0.3 is 15.4 Å². The van der Waals surface area contributed by atoms with Crippen LogP contribution in [0.5, 0.6) is 0 Å². The van der Waals surface area contributed by atoms with Gasteiger partial charge in [0.05, 0.1) is 17.9 Å². The Labute approximate surface area is 129 Å². The van der Waals surface area contributed by atoms with Crippen molar-refractivity contribution in [3.8, 4) is 0 Å². The molecule has 0 aliphatic rings. The Morgan fingerprint density at radius 1 is 1.38 bits per heavy atom. The zero-order valence-corrected chi connectivity index (χ0v) is 13.2. The first-order valence-corrected chi connectivity index (χ1v) is 7.80. The van der Waals surface area contributed by atoms with E-state index in [1.807, 2.05) is 19.2 Å². The van der Waals surface area contributed by atoms with Gasteiger partial charge in [-0.2, -0.15) is 0 Å². The largest absolute Gasteiger partial charge is 0.462 e. The first-order chi connectivity index (χ1) is 10.1. The monoisotopic (exact) mass is 304 g/mol. The van der Waals surface area contributed by atoms with Crippen LogP contribution < -0.4 is 10.6 Å². The summed E-state index contributed by atoms with van der Waals surface area (Å²) in [5.41, 5.74) is 7.72. The molecule has 2 N–H and O–H groups in total. The SMILES string of the molecule is CCOC(=O)c1cc(N)ccc1N(C)CCc1cccs1. The number of anilines is 2. The minimum absolute atomic E-state index is 0.331. The molecule has 0 bridgehead atoms. The topological polar surface area (TPSA) is 55.6 Å². The van der Waals surface area contributed by atoms with Crippen molar-refractivity contribution in [1.29, 1.82) is 0 Å². The average Bonchev–Trinajstić information content (AvgIpc) is 2.98. The Hall–Kier alpha value is -2.01. The van der Waals surface area contributed by atoms with Gasteiger partial charge in [-0.15, -0.1) is 11.3 Å². The highest BCUT2D eigenvalue weighted by Crippen LogP contribution is 2.24. The molecule has 0 radical (unpaired) electrons. The molecule has 0 saturated carbocycles. The average molecular weight is 304 g/mol. The lowest BCUT2D eigenvalue weighted by molar-refractivity contribution is 0.0527. The molecule has 5 heteroatoms. The van der Waals surface area contributed by atoms with Gasteiger partial charge in [0, 0.05) is 24.2 Å². The van der Waals surface area contributed by atoms with E-state index in [1.54, 1.807) is 30.4 Å².